The molecule has 1 aliphatic rings. The quantitative estimate of drug-likeness (QED) is 0.822. The van der Waals surface area contributed by atoms with Crippen LogP contribution in [0.3, 0.4) is 0 Å². The summed E-state index contributed by atoms with van der Waals surface area (Å²) in [5, 5.41) is 2.90. The average Bonchev–Trinajstić information content (AvgIpc) is 2.77. The second kappa shape index (κ2) is 6.43. The second-order valence-corrected chi connectivity index (χ2v) is 6.02. The molecule has 0 saturated heterocycles. The van der Waals surface area contributed by atoms with Gasteiger partial charge in [0.15, 0.2) is 5.78 Å². The zero-order chi connectivity index (χ0) is 13.0. The first kappa shape index (κ1) is 13.7. The minimum atomic E-state index is -0.227. The van der Waals surface area contributed by atoms with E-state index < -0.39 is 0 Å². The number of rotatable bonds is 5. The van der Waals surface area contributed by atoms with Gasteiger partial charge in [0.25, 0.3) is 0 Å². The summed E-state index contributed by atoms with van der Waals surface area (Å²) in [4.78, 5) is 16.6. The Labute approximate surface area is 113 Å². The molecular weight excluding hydrogens is 246 g/mol. The largest absolute Gasteiger partial charge is 0.373 e. The van der Waals surface area contributed by atoms with Gasteiger partial charge in [-0.2, -0.15) is 0 Å². The second-order valence-electron chi connectivity index (χ2n) is 5.08. The molecule has 1 heterocycles. The number of thiazole rings is 1. The minimum Gasteiger partial charge on any atom is -0.373 e. The van der Waals surface area contributed by atoms with Gasteiger partial charge in [0.1, 0.15) is 11.1 Å². The Balaban J connectivity index is 1.96. The van der Waals surface area contributed by atoms with Gasteiger partial charge in [0.05, 0.1) is 6.42 Å². The number of ketones is 1. The van der Waals surface area contributed by atoms with Crippen molar-refractivity contribution >= 4 is 17.1 Å². The van der Waals surface area contributed by atoms with Crippen molar-refractivity contribution in [3.05, 3.63) is 16.1 Å². The number of carbonyl (C=O) groups excluding carboxylic acids is 1. The van der Waals surface area contributed by atoms with Gasteiger partial charge >= 0.3 is 0 Å². The molecule has 0 amide bonds. The molecule has 0 N–H and O–H groups in total. The third-order valence-corrected chi connectivity index (χ3v) is 4.61. The monoisotopic (exact) mass is 267 g/mol. The van der Waals surface area contributed by atoms with Crippen LogP contribution in [-0.4, -0.2) is 24.0 Å². The van der Waals surface area contributed by atoms with Gasteiger partial charge in [-0.25, -0.2) is 4.98 Å². The van der Waals surface area contributed by atoms with Crippen LogP contribution in [0.25, 0.3) is 0 Å². The van der Waals surface area contributed by atoms with Crippen molar-refractivity contribution in [2.45, 2.75) is 51.6 Å². The third kappa shape index (κ3) is 3.39. The average molecular weight is 267 g/mol. The molecule has 1 aromatic rings. The molecule has 0 aromatic carbocycles. The van der Waals surface area contributed by atoms with Crippen LogP contribution in [0, 0.1) is 12.8 Å². The number of hydrogen-bond acceptors (Lipinski definition) is 4. The van der Waals surface area contributed by atoms with Crippen molar-refractivity contribution in [2.75, 3.05) is 7.11 Å². The van der Waals surface area contributed by atoms with E-state index in [2.05, 4.69) is 4.98 Å². The highest BCUT2D eigenvalue weighted by atomic mass is 32.1. The minimum absolute atomic E-state index is 0.193. The Morgan fingerprint density at radius 2 is 2.22 bits per heavy atom. The van der Waals surface area contributed by atoms with Crippen LogP contribution in [-0.2, 0) is 16.0 Å². The number of ether oxygens (including phenoxy) is 1. The van der Waals surface area contributed by atoms with Crippen molar-refractivity contribution in [3.63, 3.8) is 0 Å². The third-order valence-electron chi connectivity index (χ3n) is 3.64. The summed E-state index contributed by atoms with van der Waals surface area (Å²) in [7, 11) is 1.66. The van der Waals surface area contributed by atoms with Crippen LogP contribution in [0.2, 0.25) is 0 Å². The van der Waals surface area contributed by atoms with Gasteiger partial charge in [-0.15, -0.1) is 11.3 Å². The van der Waals surface area contributed by atoms with Crippen molar-refractivity contribution in [1.29, 1.82) is 0 Å². The van der Waals surface area contributed by atoms with Gasteiger partial charge in [-0.1, -0.05) is 19.3 Å². The highest BCUT2D eigenvalue weighted by molar-refractivity contribution is 7.09. The molecule has 0 radical (unpaired) electrons. The summed E-state index contributed by atoms with van der Waals surface area (Å²) in [5.74, 6) is 0.607. The molecular formula is C14H21NO2S. The highest BCUT2D eigenvalue weighted by Crippen LogP contribution is 2.28. The zero-order valence-electron chi connectivity index (χ0n) is 11.1. The Bertz CT molecular complexity index is 396. The lowest BCUT2D eigenvalue weighted by molar-refractivity contribution is -0.132. The number of methoxy groups -OCH3 is 1. The summed E-state index contributed by atoms with van der Waals surface area (Å²) in [6.07, 6.45) is 6.21. The predicted molar refractivity (Wildman–Crippen MR) is 72.9 cm³/mol. The normalized spacial score (nSPS) is 18.8. The summed E-state index contributed by atoms with van der Waals surface area (Å²) >= 11 is 1.56. The van der Waals surface area contributed by atoms with Crippen LogP contribution in [0.1, 0.15) is 42.8 Å². The van der Waals surface area contributed by atoms with Crippen LogP contribution < -0.4 is 0 Å². The number of hydrogen-bond donors (Lipinski definition) is 0. The maximum absolute atomic E-state index is 12.3. The van der Waals surface area contributed by atoms with E-state index in [0.717, 1.165) is 23.5 Å². The Hall–Kier alpha value is -0.740. The Morgan fingerprint density at radius 3 is 2.78 bits per heavy atom. The molecule has 1 saturated carbocycles. The molecule has 1 aromatic heterocycles. The summed E-state index contributed by atoms with van der Waals surface area (Å²) in [5.41, 5.74) is 0.995. The molecule has 0 spiro atoms. The Morgan fingerprint density at radius 1 is 1.50 bits per heavy atom. The molecule has 100 valence electrons. The topological polar surface area (TPSA) is 39.2 Å². The molecule has 1 atom stereocenters. The molecule has 1 fully saturated rings. The van der Waals surface area contributed by atoms with Crippen LogP contribution in [0.15, 0.2) is 5.38 Å². The highest BCUT2D eigenvalue weighted by Gasteiger charge is 2.29. The van der Waals surface area contributed by atoms with Crippen molar-refractivity contribution < 1.29 is 9.53 Å². The lowest BCUT2D eigenvalue weighted by atomic mass is 9.83. The van der Waals surface area contributed by atoms with E-state index in [4.69, 9.17) is 4.74 Å². The Kier molecular flexibility index (Phi) is 4.89. The molecule has 0 bridgehead atoms. The van der Waals surface area contributed by atoms with Gasteiger partial charge in [-0.05, 0) is 25.7 Å². The number of aryl methyl sites for hydroxylation is 1. The van der Waals surface area contributed by atoms with E-state index in [1.54, 1.807) is 18.4 Å². The molecule has 3 nitrogen and oxygen atoms in total. The molecule has 1 unspecified atom stereocenters. The predicted octanol–water partition coefficient (Wildman–Crippen LogP) is 3.16. The zero-order valence-corrected chi connectivity index (χ0v) is 12.0. The lowest BCUT2D eigenvalue weighted by Gasteiger charge is -2.28. The van der Waals surface area contributed by atoms with Crippen LogP contribution in [0.5, 0.6) is 0 Å². The van der Waals surface area contributed by atoms with Crippen LogP contribution in [0.4, 0.5) is 0 Å². The molecule has 2 rings (SSSR count). The molecule has 0 aliphatic heterocycles. The fourth-order valence-corrected chi connectivity index (χ4v) is 3.54. The lowest BCUT2D eigenvalue weighted by Crippen LogP contribution is -2.34. The molecule has 1 aliphatic carbocycles. The number of aromatic nitrogens is 1. The fourth-order valence-electron chi connectivity index (χ4n) is 2.76. The van der Waals surface area contributed by atoms with E-state index in [1.807, 2.05) is 12.3 Å². The van der Waals surface area contributed by atoms with E-state index >= 15 is 0 Å². The first-order valence-electron chi connectivity index (χ1n) is 6.67. The van der Waals surface area contributed by atoms with E-state index in [0.29, 0.717) is 12.3 Å². The standard InChI is InChI=1S/C14H21NO2S/c1-10-9-18-13(15-10)8-12(16)14(17-2)11-6-4-3-5-7-11/h9,11,14H,3-8H2,1-2H3. The summed E-state index contributed by atoms with van der Waals surface area (Å²) in [6.45, 7) is 1.96. The number of carbonyl (C=O) groups is 1. The summed E-state index contributed by atoms with van der Waals surface area (Å²) < 4.78 is 5.46. The smallest absolute Gasteiger partial charge is 0.168 e. The molecule has 4 heteroatoms. The van der Waals surface area contributed by atoms with Gasteiger partial charge in [-0.3, -0.25) is 4.79 Å². The van der Waals surface area contributed by atoms with Gasteiger partial charge in [0, 0.05) is 18.2 Å². The van der Waals surface area contributed by atoms with Gasteiger partial charge < -0.3 is 4.74 Å². The van der Waals surface area contributed by atoms with E-state index in [1.165, 1.54) is 19.3 Å². The van der Waals surface area contributed by atoms with E-state index in [-0.39, 0.29) is 11.9 Å². The first-order valence-corrected chi connectivity index (χ1v) is 7.55. The number of Topliss-reactive ketones (excluding diaryl/α,β-unsaturated/α-hetero) is 1. The maximum atomic E-state index is 12.3. The van der Waals surface area contributed by atoms with Crippen LogP contribution >= 0.6 is 11.3 Å². The number of nitrogens with zero attached hydrogens (tertiary/aromatic N) is 1. The first-order chi connectivity index (χ1) is 8.70. The van der Waals surface area contributed by atoms with Crippen molar-refractivity contribution in [2.24, 2.45) is 5.92 Å². The summed E-state index contributed by atoms with van der Waals surface area (Å²) in [6, 6.07) is 0. The van der Waals surface area contributed by atoms with Gasteiger partial charge in [0.2, 0.25) is 0 Å². The van der Waals surface area contributed by atoms with Crippen molar-refractivity contribution in [1.82, 2.24) is 4.98 Å². The fraction of sp³-hybridized carbons (Fsp3) is 0.714. The van der Waals surface area contributed by atoms with Crippen molar-refractivity contribution in [3.8, 4) is 0 Å². The van der Waals surface area contributed by atoms with E-state index in [9.17, 15) is 4.79 Å². The SMILES string of the molecule is COC(C(=O)Cc1nc(C)cs1)C1CCCCC1. The maximum Gasteiger partial charge on any atom is 0.168 e. The molecule has 18 heavy (non-hydrogen) atoms.